The van der Waals surface area contributed by atoms with Crippen LogP contribution in [-0.4, -0.2) is 9.97 Å². The third-order valence-corrected chi connectivity index (χ3v) is 3.62. The van der Waals surface area contributed by atoms with Crippen LogP contribution in [0.5, 0.6) is 0 Å². The summed E-state index contributed by atoms with van der Waals surface area (Å²) in [6.45, 7) is 4.59. The Labute approximate surface area is 104 Å². The Hall–Kier alpha value is -0.900. The molecule has 0 bridgehead atoms. The fourth-order valence-corrected chi connectivity index (χ4v) is 2.34. The maximum atomic E-state index is 5.62. The summed E-state index contributed by atoms with van der Waals surface area (Å²) in [6.07, 6.45) is 7.34. The van der Waals surface area contributed by atoms with Crippen LogP contribution in [0.2, 0.25) is 0 Å². The number of halogens is 1. The average molecular weight is 282 g/mol. The molecule has 1 aromatic rings. The highest BCUT2D eigenvalue weighted by Gasteiger charge is 2.23. The van der Waals surface area contributed by atoms with Crippen molar-refractivity contribution >= 4 is 27.5 Å². The number of nitrogens with zero attached hydrogens (tertiary/aromatic N) is 2. The highest BCUT2D eigenvalue weighted by Crippen LogP contribution is 2.38. The van der Waals surface area contributed by atoms with Crippen LogP contribution < -0.4 is 5.73 Å². The molecule has 86 valence electrons. The third kappa shape index (κ3) is 2.43. The molecule has 1 heterocycles. The molecule has 0 saturated heterocycles. The number of nitrogens with two attached hydrogens (primary N) is 1. The maximum absolute atomic E-state index is 5.62. The highest BCUT2D eigenvalue weighted by atomic mass is 79.9. The van der Waals surface area contributed by atoms with Gasteiger partial charge in [-0.05, 0) is 46.2 Å². The van der Waals surface area contributed by atoms with E-state index in [0.29, 0.717) is 11.4 Å². The zero-order valence-corrected chi connectivity index (χ0v) is 11.2. The van der Waals surface area contributed by atoms with Gasteiger partial charge >= 0.3 is 0 Å². The quantitative estimate of drug-likeness (QED) is 0.858. The molecule has 0 spiro atoms. The predicted molar refractivity (Wildman–Crippen MR) is 69.8 cm³/mol. The lowest BCUT2D eigenvalue weighted by atomic mass is 9.78. The van der Waals surface area contributed by atoms with Gasteiger partial charge in [-0.2, -0.15) is 0 Å². The fourth-order valence-electron chi connectivity index (χ4n) is 1.90. The normalized spacial score (nSPS) is 19.3. The summed E-state index contributed by atoms with van der Waals surface area (Å²) in [4.78, 5) is 8.25. The monoisotopic (exact) mass is 281 g/mol. The summed E-state index contributed by atoms with van der Waals surface area (Å²) in [7, 11) is 0. The van der Waals surface area contributed by atoms with Gasteiger partial charge in [-0.1, -0.05) is 19.9 Å². The van der Waals surface area contributed by atoms with Crippen LogP contribution in [0.25, 0.3) is 5.57 Å². The largest absolute Gasteiger partial charge is 0.368 e. The number of hydrogen-bond donors (Lipinski definition) is 1. The molecule has 0 atom stereocenters. The summed E-state index contributed by atoms with van der Waals surface area (Å²) in [5, 5.41) is 0. The van der Waals surface area contributed by atoms with Gasteiger partial charge in [0.15, 0.2) is 0 Å². The second kappa shape index (κ2) is 4.17. The molecule has 3 nitrogen and oxygen atoms in total. The van der Waals surface area contributed by atoms with Crippen LogP contribution in [0.3, 0.4) is 0 Å². The first-order chi connectivity index (χ1) is 7.48. The van der Waals surface area contributed by atoms with E-state index >= 15 is 0 Å². The zero-order chi connectivity index (χ0) is 11.8. The van der Waals surface area contributed by atoms with Crippen molar-refractivity contribution in [3.05, 3.63) is 22.4 Å². The molecule has 4 heteroatoms. The van der Waals surface area contributed by atoms with Crippen molar-refractivity contribution in [2.75, 3.05) is 5.73 Å². The van der Waals surface area contributed by atoms with E-state index < -0.39 is 0 Å². The molecule has 0 amide bonds. The van der Waals surface area contributed by atoms with Crippen molar-refractivity contribution in [3.63, 3.8) is 0 Å². The van der Waals surface area contributed by atoms with Gasteiger partial charge < -0.3 is 5.73 Å². The van der Waals surface area contributed by atoms with Crippen LogP contribution in [0.4, 0.5) is 5.95 Å². The van der Waals surface area contributed by atoms with Gasteiger partial charge in [0.1, 0.15) is 0 Å². The van der Waals surface area contributed by atoms with E-state index in [1.807, 2.05) is 0 Å². The van der Waals surface area contributed by atoms with Gasteiger partial charge in [0.05, 0.1) is 10.2 Å². The van der Waals surface area contributed by atoms with Crippen LogP contribution in [0.1, 0.15) is 38.8 Å². The van der Waals surface area contributed by atoms with Crippen LogP contribution in [0.15, 0.2) is 16.7 Å². The van der Waals surface area contributed by atoms with Crippen molar-refractivity contribution in [3.8, 4) is 0 Å². The smallest absolute Gasteiger partial charge is 0.220 e. The van der Waals surface area contributed by atoms with Gasteiger partial charge in [-0.3, -0.25) is 0 Å². The molecule has 2 N–H and O–H groups in total. The molecule has 1 aliphatic rings. The third-order valence-electron chi connectivity index (χ3n) is 3.04. The molecule has 0 aromatic carbocycles. The minimum atomic E-state index is 0.337. The van der Waals surface area contributed by atoms with Crippen molar-refractivity contribution in [1.82, 2.24) is 9.97 Å². The van der Waals surface area contributed by atoms with Crippen LogP contribution >= 0.6 is 15.9 Å². The lowest BCUT2D eigenvalue weighted by molar-refractivity contribution is 0.334. The van der Waals surface area contributed by atoms with Gasteiger partial charge in [0, 0.05) is 6.20 Å². The standard InChI is InChI=1S/C12H16BrN3/c1-12(2)5-3-8(4-6-12)10-9(13)7-15-11(14)16-10/h3,7H,4-6H2,1-2H3,(H2,14,15,16). The molecule has 0 fully saturated rings. The number of hydrogen-bond acceptors (Lipinski definition) is 3. The van der Waals surface area contributed by atoms with E-state index in [4.69, 9.17) is 5.73 Å². The predicted octanol–water partition coefficient (Wildman–Crippen LogP) is 3.41. The topological polar surface area (TPSA) is 51.8 Å². The fraction of sp³-hybridized carbons (Fsp3) is 0.500. The van der Waals surface area contributed by atoms with Gasteiger partial charge in [0.25, 0.3) is 0 Å². The Kier molecular flexibility index (Phi) is 3.02. The second-order valence-corrected chi connectivity index (χ2v) is 5.88. The number of rotatable bonds is 1. The van der Waals surface area contributed by atoms with Crippen molar-refractivity contribution in [1.29, 1.82) is 0 Å². The Balaban J connectivity index is 2.32. The molecule has 2 rings (SSSR count). The van der Waals surface area contributed by atoms with Crippen molar-refractivity contribution < 1.29 is 0 Å². The zero-order valence-electron chi connectivity index (χ0n) is 9.63. The minimum absolute atomic E-state index is 0.337. The van der Waals surface area contributed by atoms with E-state index in [1.54, 1.807) is 6.20 Å². The lowest BCUT2D eigenvalue weighted by Gasteiger charge is -2.28. The number of aromatic nitrogens is 2. The van der Waals surface area contributed by atoms with E-state index in [1.165, 1.54) is 12.0 Å². The molecule has 16 heavy (non-hydrogen) atoms. The lowest BCUT2D eigenvalue weighted by Crippen LogP contribution is -2.14. The molecular formula is C12H16BrN3. The van der Waals surface area contributed by atoms with Crippen LogP contribution in [0, 0.1) is 5.41 Å². The van der Waals surface area contributed by atoms with E-state index in [9.17, 15) is 0 Å². The molecule has 0 saturated carbocycles. The maximum Gasteiger partial charge on any atom is 0.220 e. The molecule has 0 aliphatic heterocycles. The summed E-state index contributed by atoms with van der Waals surface area (Å²) in [5.41, 5.74) is 8.25. The SMILES string of the molecule is CC1(C)CC=C(c2nc(N)ncc2Br)CC1. The minimum Gasteiger partial charge on any atom is -0.368 e. The van der Waals surface area contributed by atoms with Gasteiger partial charge in [0.2, 0.25) is 5.95 Å². The Morgan fingerprint density at radius 2 is 2.19 bits per heavy atom. The average Bonchev–Trinajstić information content (AvgIpc) is 2.22. The van der Waals surface area contributed by atoms with Crippen LogP contribution in [-0.2, 0) is 0 Å². The molecule has 1 aromatic heterocycles. The van der Waals surface area contributed by atoms with E-state index in [-0.39, 0.29) is 0 Å². The van der Waals surface area contributed by atoms with Crippen molar-refractivity contribution in [2.45, 2.75) is 33.1 Å². The Morgan fingerprint density at radius 1 is 1.44 bits per heavy atom. The number of nitrogen functional groups attached to an aromatic ring is 1. The van der Waals surface area contributed by atoms with Crippen molar-refractivity contribution in [2.24, 2.45) is 5.41 Å². The summed E-state index contributed by atoms with van der Waals surface area (Å²) >= 11 is 3.47. The number of allylic oxidation sites excluding steroid dienone is 2. The Bertz CT molecular complexity index is 438. The second-order valence-electron chi connectivity index (χ2n) is 5.02. The van der Waals surface area contributed by atoms with E-state index in [0.717, 1.165) is 23.0 Å². The van der Waals surface area contributed by atoms with E-state index in [2.05, 4.69) is 45.8 Å². The number of anilines is 1. The Morgan fingerprint density at radius 3 is 2.81 bits per heavy atom. The molecular weight excluding hydrogens is 266 g/mol. The first-order valence-corrected chi connectivity index (χ1v) is 6.25. The molecule has 0 unspecified atom stereocenters. The van der Waals surface area contributed by atoms with Gasteiger partial charge in [-0.15, -0.1) is 0 Å². The highest BCUT2D eigenvalue weighted by molar-refractivity contribution is 9.10. The molecule has 0 radical (unpaired) electrons. The van der Waals surface area contributed by atoms with Gasteiger partial charge in [-0.25, -0.2) is 9.97 Å². The first-order valence-electron chi connectivity index (χ1n) is 5.45. The first kappa shape index (κ1) is 11.6. The molecule has 1 aliphatic carbocycles. The summed E-state index contributed by atoms with van der Waals surface area (Å²) in [6, 6.07) is 0. The summed E-state index contributed by atoms with van der Waals surface area (Å²) in [5.74, 6) is 0.337. The summed E-state index contributed by atoms with van der Waals surface area (Å²) < 4.78 is 0.924.